The highest BCUT2D eigenvalue weighted by Crippen LogP contribution is 2.21. The van der Waals surface area contributed by atoms with Gasteiger partial charge in [0.15, 0.2) is 0 Å². The van der Waals surface area contributed by atoms with E-state index in [2.05, 4.69) is 11.0 Å². The zero-order valence-corrected chi connectivity index (χ0v) is 10.1. The number of likely N-dealkylation sites (tertiary alicyclic amines) is 1. The lowest BCUT2D eigenvalue weighted by atomic mass is 10.1. The molecule has 2 aromatic rings. The molecule has 0 spiro atoms. The van der Waals surface area contributed by atoms with Gasteiger partial charge in [-0.05, 0) is 18.6 Å². The van der Waals surface area contributed by atoms with Gasteiger partial charge in [-0.3, -0.25) is 4.90 Å². The van der Waals surface area contributed by atoms with Gasteiger partial charge in [-0.25, -0.2) is 0 Å². The molecule has 1 saturated heterocycles. The van der Waals surface area contributed by atoms with Crippen molar-refractivity contribution in [3.05, 3.63) is 41.7 Å². The molecule has 1 aliphatic rings. The fourth-order valence-corrected chi connectivity index (χ4v) is 2.62. The molecule has 0 radical (unpaired) electrons. The largest absolute Gasteiger partial charge is 0.392 e. The summed E-state index contributed by atoms with van der Waals surface area (Å²) in [5.41, 5.74) is 2.74. The minimum absolute atomic E-state index is 0.215. The minimum Gasteiger partial charge on any atom is -0.392 e. The Bertz CT molecular complexity index is 611. The van der Waals surface area contributed by atoms with Gasteiger partial charge in [-0.15, -0.1) is 0 Å². The van der Waals surface area contributed by atoms with Crippen LogP contribution in [0.3, 0.4) is 0 Å². The fourth-order valence-electron chi connectivity index (χ4n) is 2.62. The maximum atomic E-state index is 9.53. The van der Waals surface area contributed by atoms with Gasteiger partial charge in [0.2, 0.25) is 0 Å². The average molecular weight is 241 g/mol. The molecule has 0 aliphatic carbocycles. The molecule has 3 heterocycles. The van der Waals surface area contributed by atoms with Crippen molar-refractivity contribution in [1.29, 1.82) is 5.26 Å². The van der Waals surface area contributed by atoms with Crippen molar-refractivity contribution in [3.63, 3.8) is 0 Å². The second-order valence-electron chi connectivity index (χ2n) is 4.81. The molecule has 92 valence electrons. The van der Waals surface area contributed by atoms with Crippen LogP contribution in [-0.4, -0.2) is 33.6 Å². The lowest BCUT2D eigenvalue weighted by Gasteiger charge is -2.13. The van der Waals surface area contributed by atoms with Crippen LogP contribution in [0.5, 0.6) is 0 Å². The monoisotopic (exact) mass is 241 g/mol. The zero-order chi connectivity index (χ0) is 12.5. The van der Waals surface area contributed by atoms with Gasteiger partial charge < -0.3 is 9.51 Å². The van der Waals surface area contributed by atoms with E-state index >= 15 is 0 Å². The zero-order valence-electron chi connectivity index (χ0n) is 10.1. The van der Waals surface area contributed by atoms with Crippen LogP contribution >= 0.6 is 0 Å². The first kappa shape index (κ1) is 11.3. The number of aliphatic hydroxyl groups is 1. The molecule has 0 aromatic carbocycles. The van der Waals surface area contributed by atoms with Crippen LogP contribution < -0.4 is 0 Å². The van der Waals surface area contributed by atoms with Gasteiger partial charge in [0.05, 0.1) is 17.2 Å². The van der Waals surface area contributed by atoms with Crippen molar-refractivity contribution in [2.24, 2.45) is 0 Å². The van der Waals surface area contributed by atoms with Gasteiger partial charge in [0, 0.05) is 37.6 Å². The number of hydrogen-bond donors (Lipinski definition) is 1. The summed E-state index contributed by atoms with van der Waals surface area (Å²) >= 11 is 0. The summed E-state index contributed by atoms with van der Waals surface area (Å²) in [6.45, 7) is 2.34. The summed E-state index contributed by atoms with van der Waals surface area (Å²) in [7, 11) is 0. The molecule has 1 N–H and O–H groups in total. The molecular weight excluding hydrogens is 226 g/mol. The van der Waals surface area contributed by atoms with Gasteiger partial charge in [0.25, 0.3) is 0 Å². The van der Waals surface area contributed by atoms with E-state index < -0.39 is 0 Å². The van der Waals surface area contributed by atoms with E-state index in [1.165, 1.54) is 0 Å². The van der Waals surface area contributed by atoms with Gasteiger partial charge in [-0.2, -0.15) is 5.26 Å². The Labute approximate surface area is 106 Å². The number of β-amino-alcohol motifs (C(OH)–C–C–N with tert-alkyl or cyclic N) is 1. The number of fused-ring (bicyclic) bond motifs is 1. The minimum atomic E-state index is -0.215. The Kier molecular flexibility index (Phi) is 2.78. The SMILES string of the molecule is N#Cc1c(CN2CCC(O)C2)cn2ccccc12. The van der Waals surface area contributed by atoms with Crippen molar-refractivity contribution in [2.75, 3.05) is 13.1 Å². The van der Waals surface area contributed by atoms with Crippen LogP contribution in [0.4, 0.5) is 0 Å². The predicted molar refractivity (Wildman–Crippen MR) is 68.0 cm³/mol. The molecule has 1 atom stereocenters. The normalized spacial score (nSPS) is 20.3. The van der Waals surface area contributed by atoms with Crippen molar-refractivity contribution in [1.82, 2.24) is 9.30 Å². The summed E-state index contributed by atoms with van der Waals surface area (Å²) in [5.74, 6) is 0. The molecule has 0 bridgehead atoms. The van der Waals surface area contributed by atoms with Crippen LogP contribution in [0.25, 0.3) is 5.52 Å². The first-order chi connectivity index (χ1) is 8.78. The Morgan fingerprint density at radius 1 is 1.44 bits per heavy atom. The highest BCUT2D eigenvalue weighted by atomic mass is 16.3. The second kappa shape index (κ2) is 4.45. The van der Waals surface area contributed by atoms with Crippen LogP contribution in [0.2, 0.25) is 0 Å². The maximum absolute atomic E-state index is 9.53. The fraction of sp³-hybridized carbons (Fsp3) is 0.357. The number of aliphatic hydroxyl groups excluding tert-OH is 1. The Balaban J connectivity index is 1.94. The molecule has 18 heavy (non-hydrogen) atoms. The molecule has 2 aromatic heterocycles. The number of nitrogens with zero attached hydrogens (tertiary/aromatic N) is 3. The van der Waals surface area contributed by atoms with Crippen LogP contribution in [0, 0.1) is 11.3 Å². The first-order valence-electron chi connectivity index (χ1n) is 6.17. The van der Waals surface area contributed by atoms with Crippen molar-refractivity contribution < 1.29 is 5.11 Å². The maximum Gasteiger partial charge on any atom is 0.102 e. The third-order valence-corrected chi connectivity index (χ3v) is 3.52. The van der Waals surface area contributed by atoms with E-state index in [4.69, 9.17) is 0 Å². The molecule has 0 saturated carbocycles. The average Bonchev–Trinajstić information content (AvgIpc) is 2.92. The second-order valence-corrected chi connectivity index (χ2v) is 4.81. The predicted octanol–water partition coefficient (Wildman–Crippen LogP) is 1.38. The lowest BCUT2D eigenvalue weighted by molar-refractivity contribution is 0.175. The van der Waals surface area contributed by atoms with Gasteiger partial charge >= 0.3 is 0 Å². The van der Waals surface area contributed by atoms with Gasteiger partial charge in [0.1, 0.15) is 6.07 Å². The molecule has 1 unspecified atom stereocenters. The smallest absolute Gasteiger partial charge is 0.102 e. The van der Waals surface area contributed by atoms with E-state index in [0.717, 1.165) is 36.2 Å². The standard InChI is InChI=1S/C14H15N3O/c15-7-13-11(8-16-6-4-12(18)10-16)9-17-5-2-1-3-14(13)17/h1-3,5,9,12,18H,4,6,8,10H2. The number of hydrogen-bond acceptors (Lipinski definition) is 3. The number of rotatable bonds is 2. The van der Waals surface area contributed by atoms with Crippen molar-refractivity contribution in [2.45, 2.75) is 19.1 Å². The quantitative estimate of drug-likeness (QED) is 0.864. The third kappa shape index (κ3) is 1.88. The molecule has 4 nitrogen and oxygen atoms in total. The van der Waals surface area contributed by atoms with Gasteiger partial charge in [-0.1, -0.05) is 6.07 Å². The Hall–Kier alpha value is -1.83. The highest BCUT2D eigenvalue weighted by molar-refractivity contribution is 5.65. The molecular formula is C14H15N3O. The van der Waals surface area contributed by atoms with Crippen LogP contribution in [0.15, 0.2) is 30.6 Å². The Morgan fingerprint density at radius 3 is 3.06 bits per heavy atom. The van der Waals surface area contributed by atoms with Crippen molar-refractivity contribution in [3.8, 4) is 6.07 Å². The van der Waals surface area contributed by atoms with E-state index in [-0.39, 0.29) is 6.10 Å². The summed E-state index contributed by atoms with van der Waals surface area (Å²) in [6, 6.07) is 8.15. The van der Waals surface area contributed by atoms with E-state index in [9.17, 15) is 10.4 Å². The Morgan fingerprint density at radius 2 is 2.33 bits per heavy atom. The first-order valence-corrected chi connectivity index (χ1v) is 6.17. The molecule has 4 heteroatoms. The summed E-state index contributed by atoms with van der Waals surface area (Å²) in [6.07, 6.45) is 4.58. The number of nitriles is 1. The topological polar surface area (TPSA) is 51.7 Å². The highest BCUT2D eigenvalue weighted by Gasteiger charge is 2.22. The van der Waals surface area contributed by atoms with E-state index in [1.54, 1.807) is 0 Å². The molecule has 3 rings (SSSR count). The van der Waals surface area contributed by atoms with E-state index in [0.29, 0.717) is 6.54 Å². The number of aromatic nitrogens is 1. The molecule has 0 amide bonds. The molecule has 1 aliphatic heterocycles. The number of pyridine rings is 1. The summed E-state index contributed by atoms with van der Waals surface area (Å²) in [5, 5.41) is 18.8. The summed E-state index contributed by atoms with van der Waals surface area (Å²) < 4.78 is 1.99. The summed E-state index contributed by atoms with van der Waals surface area (Å²) in [4.78, 5) is 2.19. The third-order valence-electron chi connectivity index (χ3n) is 3.52. The van der Waals surface area contributed by atoms with Crippen LogP contribution in [0.1, 0.15) is 17.5 Å². The lowest BCUT2D eigenvalue weighted by Crippen LogP contribution is -2.21. The van der Waals surface area contributed by atoms with Crippen molar-refractivity contribution >= 4 is 5.52 Å². The van der Waals surface area contributed by atoms with E-state index in [1.807, 2.05) is 35.0 Å². The van der Waals surface area contributed by atoms with Crippen LogP contribution in [-0.2, 0) is 6.54 Å². The molecule has 1 fully saturated rings.